The molecule has 22 heavy (non-hydrogen) atoms. The lowest BCUT2D eigenvalue weighted by Crippen LogP contribution is -2.24. The number of azo groups is 1. The van der Waals surface area contributed by atoms with Crippen molar-refractivity contribution in [2.45, 2.75) is 12.0 Å². The minimum absolute atomic E-state index is 0.0378. The molecule has 2 atom stereocenters. The van der Waals surface area contributed by atoms with E-state index in [2.05, 4.69) is 10.2 Å². The quantitative estimate of drug-likeness (QED) is 0.492. The molecule has 0 aromatic heterocycles. The molecule has 0 unspecified atom stereocenters. The number of carbonyl (C=O) groups is 1. The van der Waals surface area contributed by atoms with Crippen molar-refractivity contribution in [1.82, 2.24) is 0 Å². The SMILES string of the molecule is O=C(c1ccc([N+](=O)[O-])cc1)[C@@H]1N=NC[C@H]1c1ccccc1. The van der Waals surface area contributed by atoms with Crippen LogP contribution in [0, 0.1) is 10.1 Å². The number of Topliss-reactive ketones (excluding diaryl/α,β-unsaturated/α-hetero) is 1. The Labute approximate surface area is 126 Å². The second-order valence-electron chi connectivity index (χ2n) is 5.07. The number of nitrogens with zero attached hydrogens (tertiary/aromatic N) is 3. The molecular formula is C16H13N3O3. The Morgan fingerprint density at radius 1 is 1.09 bits per heavy atom. The fourth-order valence-electron chi connectivity index (χ4n) is 2.54. The molecule has 0 amide bonds. The smallest absolute Gasteiger partial charge is 0.269 e. The Balaban J connectivity index is 1.84. The van der Waals surface area contributed by atoms with Gasteiger partial charge in [0, 0.05) is 23.6 Å². The van der Waals surface area contributed by atoms with Crippen LogP contribution in [-0.4, -0.2) is 23.3 Å². The molecule has 0 saturated carbocycles. The van der Waals surface area contributed by atoms with Gasteiger partial charge in [-0.2, -0.15) is 10.2 Å². The summed E-state index contributed by atoms with van der Waals surface area (Å²) in [6, 6.07) is 14.7. The van der Waals surface area contributed by atoms with Crippen molar-refractivity contribution in [3.05, 3.63) is 75.8 Å². The molecule has 1 heterocycles. The third-order valence-electron chi connectivity index (χ3n) is 3.72. The van der Waals surface area contributed by atoms with E-state index < -0.39 is 11.0 Å². The Hall–Kier alpha value is -2.89. The molecule has 110 valence electrons. The third kappa shape index (κ3) is 2.63. The Kier molecular flexibility index (Phi) is 3.74. The number of nitro benzene ring substituents is 1. The molecule has 6 heteroatoms. The molecular weight excluding hydrogens is 282 g/mol. The molecule has 0 spiro atoms. The standard InChI is InChI=1S/C16H13N3O3/c20-16(12-6-8-13(9-7-12)19(21)22)15-14(10-17-18-15)11-4-2-1-3-5-11/h1-9,14-15H,10H2/t14-,15+/m0/s1. The number of non-ortho nitro benzene ring substituents is 1. The van der Waals surface area contributed by atoms with Gasteiger partial charge in [-0.05, 0) is 17.7 Å². The minimum atomic E-state index is -0.566. The van der Waals surface area contributed by atoms with Crippen LogP contribution >= 0.6 is 0 Å². The largest absolute Gasteiger partial charge is 0.292 e. The van der Waals surface area contributed by atoms with Crippen molar-refractivity contribution in [1.29, 1.82) is 0 Å². The topological polar surface area (TPSA) is 84.9 Å². The van der Waals surface area contributed by atoms with Crippen LogP contribution in [0.25, 0.3) is 0 Å². The van der Waals surface area contributed by atoms with Crippen LogP contribution in [0.15, 0.2) is 64.8 Å². The van der Waals surface area contributed by atoms with E-state index in [1.807, 2.05) is 30.3 Å². The van der Waals surface area contributed by atoms with Crippen LogP contribution in [-0.2, 0) is 0 Å². The van der Waals surface area contributed by atoms with E-state index in [1.54, 1.807) is 0 Å². The maximum absolute atomic E-state index is 12.6. The monoisotopic (exact) mass is 295 g/mol. The number of nitro groups is 1. The van der Waals surface area contributed by atoms with Gasteiger partial charge in [-0.3, -0.25) is 14.9 Å². The lowest BCUT2D eigenvalue weighted by atomic mass is 9.88. The van der Waals surface area contributed by atoms with E-state index in [0.29, 0.717) is 12.1 Å². The van der Waals surface area contributed by atoms with E-state index in [9.17, 15) is 14.9 Å². The zero-order valence-corrected chi connectivity index (χ0v) is 11.6. The van der Waals surface area contributed by atoms with Gasteiger partial charge >= 0.3 is 0 Å². The molecule has 2 aromatic carbocycles. The Bertz CT molecular complexity index is 726. The molecule has 0 bridgehead atoms. The highest BCUT2D eigenvalue weighted by molar-refractivity contribution is 6.01. The van der Waals surface area contributed by atoms with Gasteiger partial charge in [-0.15, -0.1) is 0 Å². The van der Waals surface area contributed by atoms with Gasteiger partial charge in [0.2, 0.25) is 0 Å². The van der Waals surface area contributed by atoms with Crippen molar-refractivity contribution in [2.75, 3.05) is 6.54 Å². The molecule has 0 radical (unpaired) electrons. The number of hydrogen-bond donors (Lipinski definition) is 0. The average Bonchev–Trinajstić information content (AvgIpc) is 3.04. The summed E-state index contributed by atoms with van der Waals surface area (Å²) in [5, 5.41) is 18.7. The highest BCUT2D eigenvalue weighted by atomic mass is 16.6. The van der Waals surface area contributed by atoms with Gasteiger partial charge < -0.3 is 0 Å². The van der Waals surface area contributed by atoms with Crippen molar-refractivity contribution >= 4 is 11.5 Å². The van der Waals surface area contributed by atoms with E-state index in [4.69, 9.17) is 0 Å². The van der Waals surface area contributed by atoms with Crippen LogP contribution < -0.4 is 0 Å². The first-order valence-electron chi connectivity index (χ1n) is 6.87. The summed E-state index contributed by atoms with van der Waals surface area (Å²) in [5.41, 5.74) is 1.40. The summed E-state index contributed by atoms with van der Waals surface area (Å²) in [5.74, 6) is -0.242. The molecule has 0 N–H and O–H groups in total. The zero-order valence-electron chi connectivity index (χ0n) is 11.6. The van der Waals surface area contributed by atoms with E-state index in [1.165, 1.54) is 24.3 Å². The Morgan fingerprint density at radius 2 is 1.77 bits per heavy atom. The molecule has 0 aliphatic carbocycles. The minimum Gasteiger partial charge on any atom is -0.292 e. The molecule has 1 aliphatic rings. The summed E-state index contributed by atoms with van der Waals surface area (Å²) >= 11 is 0. The number of carbonyl (C=O) groups excluding carboxylic acids is 1. The highest BCUT2D eigenvalue weighted by Crippen LogP contribution is 2.30. The van der Waals surface area contributed by atoms with Crippen molar-refractivity contribution in [2.24, 2.45) is 10.2 Å². The van der Waals surface area contributed by atoms with Gasteiger partial charge in [-0.25, -0.2) is 0 Å². The number of ketones is 1. The summed E-state index contributed by atoms with van der Waals surface area (Å²) in [6.07, 6.45) is 0. The van der Waals surface area contributed by atoms with Crippen LogP contribution in [0.1, 0.15) is 21.8 Å². The molecule has 0 fully saturated rings. The van der Waals surface area contributed by atoms with Crippen LogP contribution in [0.4, 0.5) is 5.69 Å². The van der Waals surface area contributed by atoms with Gasteiger partial charge in [0.1, 0.15) is 6.04 Å². The number of benzene rings is 2. The molecule has 3 rings (SSSR count). The van der Waals surface area contributed by atoms with Gasteiger partial charge in [-0.1, -0.05) is 30.3 Å². The number of rotatable bonds is 4. The maximum Gasteiger partial charge on any atom is 0.269 e. The van der Waals surface area contributed by atoms with E-state index >= 15 is 0 Å². The predicted octanol–water partition coefficient (Wildman–Crippen LogP) is 3.40. The summed E-state index contributed by atoms with van der Waals surface area (Å²) < 4.78 is 0. The van der Waals surface area contributed by atoms with Gasteiger partial charge in [0.05, 0.1) is 11.5 Å². The van der Waals surface area contributed by atoms with Crippen molar-refractivity contribution in [3.8, 4) is 0 Å². The first kappa shape index (κ1) is 14.1. The fraction of sp³-hybridized carbons (Fsp3) is 0.188. The summed E-state index contributed by atoms with van der Waals surface area (Å²) in [4.78, 5) is 22.8. The fourth-order valence-corrected chi connectivity index (χ4v) is 2.54. The highest BCUT2D eigenvalue weighted by Gasteiger charge is 2.33. The molecule has 2 aromatic rings. The van der Waals surface area contributed by atoms with Crippen molar-refractivity contribution in [3.63, 3.8) is 0 Å². The molecule has 0 saturated heterocycles. The lowest BCUT2D eigenvalue weighted by Gasteiger charge is -2.15. The second kappa shape index (κ2) is 5.85. The zero-order chi connectivity index (χ0) is 15.5. The van der Waals surface area contributed by atoms with Crippen LogP contribution in [0.2, 0.25) is 0 Å². The predicted molar refractivity (Wildman–Crippen MR) is 80.1 cm³/mol. The van der Waals surface area contributed by atoms with Crippen LogP contribution in [0.3, 0.4) is 0 Å². The average molecular weight is 295 g/mol. The van der Waals surface area contributed by atoms with E-state index in [-0.39, 0.29) is 17.4 Å². The lowest BCUT2D eigenvalue weighted by molar-refractivity contribution is -0.384. The summed E-state index contributed by atoms with van der Waals surface area (Å²) in [6.45, 7) is 0.480. The van der Waals surface area contributed by atoms with Gasteiger partial charge in [0.15, 0.2) is 5.78 Å². The summed E-state index contributed by atoms with van der Waals surface area (Å²) in [7, 11) is 0. The van der Waals surface area contributed by atoms with Crippen molar-refractivity contribution < 1.29 is 9.72 Å². The molecule has 1 aliphatic heterocycles. The normalized spacial score (nSPS) is 20.0. The van der Waals surface area contributed by atoms with Crippen LogP contribution in [0.5, 0.6) is 0 Å². The third-order valence-corrected chi connectivity index (χ3v) is 3.72. The van der Waals surface area contributed by atoms with Gasteiger partial charge in [0.25, 0.3) is 5.69 Å². The molecule has 6 nitrogen and oxygen atoms in total. The second-order valence-corrected chi connectivity index (χ2v) is 5.07. The first-order valence-corrected chi connectivity index (χ1v) is 6.87. The first-order chi connectivity index (χ1) is 10.7. The Morgan fingerprint density at radius 3 is 2.41 bits per heavy atom. The number of hydrogen-bond acceptors (Lipinski definition) is 5. The maximum atomic E-state index is 12.6. The van der Waals surface area contributed by atoms with E-state index in [0.717, 1.165) is 5.56 Å².